The average molecular weight is 357 g/mol. The van der Waals surface area contributed by atoms with Gasteiger partial charge in [-0.25, -0.2) is 0 Å². The maximum Gasteiger partial charge on any atom is 0.252 e. The van der Waals surface area contributed by atoms with Crippen LogP contribution in [0.25, 0.3) is 10.8 Å². The molecule has 22 heavy (non-hydrogen) atoms. The Bertz CT molecular complexity index is 844. The number of amides is 1. The fourth-order valence-corrected chi connectivity index (χ4v) is 2.63. The number of carbonyl (C=O) groups excluding carboxylic acids is 1. The molecule has 1 aromatic heterocycles. The Labute approximate surface area is 136 Å². The molecule has 0 bridgehead atoms. The molecule has 4 nitrogen and oxygen atoms in total. The molecule has 110 valence electrons. The molecular weight excluding hydrogens is 344 g/mol. The average Bonchev–Trinajstić information content (AvgIpc) is 2.53. The van der Waals surface area contributed by atoms with Gasteiger partial charge in [0.1, 0.15) is 12.4 Å². The molecule has 0 atom stereocenters. The summed E-state index contributed by atoms with van der Waals surface area (Å²) < 4.78 is 6.54. The van der Waals surface area contributed by atoms with Crippen molar-refractivity contribution >= 4 is 32.6 Å². The molecule has 5 heteroatoms. The Morgan fingerprint density at radius 3 is 2.82 bits per heavy atom. The van der Waals surface area contributed by atoms with Crippen molar-refractivity contribution in [2.24, 2.45) is 5.73 Å². The number of hydrogen-bond donors (Lipinski definition) is 1. The zero-order valence-electron chi connectivity index (χ0n) is 11.6. The van der Waals surface area contributed by atoms with Crippen LogP contribution in [0.5, 0.6) is 5.75 Å². The van der Waals surface area contributed by atoms with E-state index in [1.165, 1.54) is 0 Å². The fourth-order valence-electron chi connectivity index (χ4n) is 2.26. The molecular formula is C17H13BrN2O2. The largest absolute Gasteiger partial charge is 0.486 e. The van der Waals surface area contributed by atoms with E-state index in [1.54, 1.807) is 24.4 Å². The van der Waals surface area contributed by atoms with Crippen molar-refractivity contribution in [1.82, 2.24) is 4.98 Å². The number of carbonyl (C=O) groups is 1. The lowest BCUT2D eigenvalue weighted by atomic mass is 10.1. The van der Waals surface area contributed by atoms with Crippen molar-refractivity contribution in [2.75, 3.05) is 0 Å². The molecule has 0 unspecified atom stereocenters. The summed E-state index contributed by atoms with van der Waals surface area (Å²) in [4.78, 5) is 15.9. The highest BCUT2D eigenvalue weighted by atomic mass is 79.9. The maximum atomic E-state index is 11.5. The van der Waals surface area contributed by atoms with Gasteiger partial charge in [-0.1, -0.05) is 40.2 Å². The molecule has 2 aromatic carbocycles. The lowest BCUT2D eigenvalue weighted by Crippen LogP contribution is -2.13. The number of nitrogens with two attached hydrogens (primary N) is 1. The van der Waals surface area contributed by atoms with Gasteiger partial charge in [-0.05, 0) is 29.7 Å². The van der Waals surface area contributed by atoms with Gasteiger partial charge in [0, 0.05) is 16.1 Å². The van der Waals surface area contributed by atoms with Gasteiger partial charge < -0.3 is 10.5 Å². The summed E-state index contributed by atoms with van der Waals surface area (Å²) in [6.07, 6.45) is 1.75. The number of aromatic nitrogens is 1. The first-order chi connectivity index (χ1) is 10.6. The third kappa shape index (κ3) is 2.94. The molecule has 0 fully saturated rings. The second kappa shape index (κ2) is 6.15. The Morgan fingerprint density at radius 1 is 1.18 bits per heavy atom. The summed E-state index contributed by atoms with van der Waals surface area (Å²) in [6.45, 7) is 0.267. The van der Waals surface area contributed by atoms with Crippen molar-refractivity contribution in [3.63, 3.8) is 0 Å². The van der Waals surface area contributed by atoms with E-state index in [2.05, 4.69) is 20.9 Å². The molecule has 1 heterocycles. The van der Waals surface area contributed by atoms with Crippen LogP contribution in [0.3, 0.4) is 0 Å². The standard InChI is InChI=1S/C17H13BrN2O2/c18-12-5-6-16(14(9-12)17(19)21)22-10-15-13-4-2-1-3-11(13)7-8-20-15/h1-9H,10H2,(H2,19,21). The quantitative estimate of drug-likeness (QED) is 0.775. The van der Waals surface area contributed by atoms with Crippen molar-refractivity contribution in [3.8, 4) is 5.75 Å². The molecule has 1 amide bonds. The summed E-state index contributed by atoms with van der Waals surface area (Å²) in [5.74, 6) is -0.0763. The number of ether oxygens (including phenoxy) is 1. The van der Waals surface area contributed by atoms with Crippen LogP contribution in [-0.4, -0.2) is 10.9 Å². The van der Waals surface area contributed by atoms with E-state index in [0.717, 1.165) is 20.9 Å². The van der Waals surface area contributed by atoms with E-state index < -0.39 is 5.91 Å². The molecule has 0 aliphatic carbocycles. The highest BCUT2D eigenvalue weighted by Gasteiger charge is 2.11. The van der Waals surface area contributed by atoms with Gasteiger partial charge in [0.2, 0.25) is 0 Å². The van der Waals surface area contributed by atoms with Crippen LogP contribution in [0.4, 0.5) is 0 Å². The van der Waals surface area contributed by atoms with Gasteiger partial charge in [0.15, 0.2) is 0 Å². The predicted octanol–water partition coefficient (Wildman–Crippen LogP) is 3.68. The van der Waals surface area contributed by atoms with Crippen molar-refractivity contribution in [2.45, 2.75) is 6.61 Å². The number of halogens is 1. The summed E-state index contributed by atoms with van der Waals surface area (Å²) in [5.41, 5.74) is 6.55. The molecule has 0 saturated carbocycles. The van der Waals surface area contributed by atoms with E-state index in [4.69, 9.17) is 10.5 Å². The second-order valence-electron chi connectivity index (χ2n) is 4.77. The van der Waals surface area contributed by atoms with E-state index >= 15 is 0 Å². The van der Waals surface area contributed by atoms with Crippen LogP contribution in [0.1, 0.15) is 16.1 Å². The SMILES string of the molecule is NC(=O)c1cc(Br)ccc1OCc1nccc2ccccc12. The minimum Gasteiger partial charge on any atom is -0.486 e. The molecule has 3 rings (SSSR count). The van der Waals surface area contributed by atoms with E-state index in [-0.39, 0.29) is 6.61 Å². The first-order valence-corrected chi connectivity index (χ1v) is 7.49. The van der Waals surface area contributed by atoms with Crippen LogP contribution >= 0.6 is 15.9 Å². The highest BCUT2D eigenvalue weighted by Crippen LogP contribution is 2.24. The number of benzene rings is 2. The topological polar surface area (TPSA) is 65.2 Å². The summed E-state index contributed by atoms with van der Waals surface area (Å²) in [6, 6.07) is 15.1. The lowest BCUT2D eigenvalue weighted by Gasteiger charge is -2.11. The summed E-state index contributed by atoms with van der Waals surface area (Å²) in [5, 5.41) is 2.13. The summed E-state index contributed by atoms with van der Waals surface area (Å²) in [7, 11) is 0. The monoisotopic (exact) mass is 356 g/mol. The van der Waals surface area contributed by atoms with Gasteiger partial charge in [0.25, 0.3) is 5.91 Å². The second-order valence-corrected chi connectivity index (χ2v) is 5.69. The molecule has 0 radical (unpaired) electrons. The smallest absolute Gasteiger partial charge is 0.252 e. The zero-order chi connectivity index (χ0) is 15.5. The Kier molecular flexibility index (Phi) is 4.06. The molecule has 0 aliphatic heterocycles. The van der Waals surface area contributed by atoms with Crippen molar-refractivity contribution < 1.29 is 9.53 Å². The summed E-state index contributed by atoms with van der Waals surface area (Å²) >= 11 is 3.32. The zero-order valence-corrected chi connectivity index (χ0v) is 13.2. The Morgan fingerprint density at radius 2 is 2.00 bits per heavy atom. The Balaban J connectivity index is 1.90. The van der Waals surface area contributed by atoms with Gasteiger partial charge in [-0.2, -0.15) is 0 Å². The first kappa shape index (κ1) is 14.5. The number of primary amides is 1. The van der Waals surface area contributed by atoms with Crippen LogP contribution in [-0.2, 0) is 6.61 Å². The van der Waals surface area contributed by atoms with Gasteiger partial charge >= 0.3 is 0 Å². The molecule has 0 saturated heterocycles. The fraction of sp³-hybridized carbons (Fsp3) is 0.0588. The van der Waals surface area contributed by atoms with Crippen LogP contribution in [0.2, 0.25) is 0 Å². The number of hydrogen-bond acceptors (Lipinski definition) is 3. The number of fused-ring (bicyclic) bond motifs is 1. The molecule has 0 spiro atoms. The first-order valence-electron chi connectivity index (χ1n) is 6.70. The van der Waals surface area contributed by atoms with Gasteiger partial charge in [0.05, 0.1) is 11.3 Å². The van der Waals surface area contributed by atoms with E-state index in [0.29, 0.717) is 11.3 Å². The number of rotatable bonds is 4. The van der Waals surface area contributed by atoms with Crippen molar-refractivity contribution in [3.05, 3.63) is 70.5 Å². The highest BCUT2D eigenvalue weighted by molar-refractivity contribution is 9.10. The number of pyridine rings is 1. The molecule has 2 N–H and O–H groups in total. The van der Waals surface area contributed by atoms with Gasteiger partial charge in [-0.15, -0.1) is 0 Å². The predicted molar refractivity (Wildman–Crippen MR) is 88.7 cm³/mol. The Hall–Kier alpha value is -2.40. The van der Waals surface area contributed by atoms with Crippen LogP contribution in [0.15, 0.2) is 59.2 Å². The minimum absolute atomic E-state index is 0.267. The molecule has 3 aromatic rings. The van der Waals surface area contributed by atoms with E-state index in [1.807, 2.05) is 30.3 Å². The van der Waals surface area contributed by atoms with Crippen LogP contribution < -0.4 is 10.5 Å². The molecule has 0 aliphatic rings. The van der Waals surface area contributed by atoms with Gasteiger partial charge in [-0.3, -0.25) is 9.78 Å². The van der Waals surface area contributed by atoms with Crippen molar-refractivity contribution in [1.29, 1.82) is 0 Å². The number of nitrogens with zero attached hydrogens (tertiary/aromatic N) is 1. The third-order valence-corrected chi connectivity index (χ3v) is 3.82. The van der Waals surface area contributed by atoms with E-state index in [9.17, 15) is 4.79 Å². The normalized spacial score (nSPS) is 10.6. The lowest BCUT2D eigenvalue weighted by molar-refractivity contribution is 0.0996. The van der Waals surface area contributed by atoms with Crippen LogP contribution in [0, 0.1) is 0 Å². The third-order valence-electron chi connectivity index (χ3n) is 3.33. The maximum absolute atomic E-state index is 11.5. The minimum atomic E-state index is -0.526.